The second-order valence-electron chi connectivity index (χ2n) is 2.69. The summed E-state index contributed by atoms with van der Waals surface area (Å²) in [5, 5.41) is 0. The highest BCUT2D eigenvalue weighted by atomic mass is 14.1. The summed E-state index contributed by atoms with van der Waals surface area (Å²) in [4.78, 5) is 0. The molecule has 0 saturated heterocycles. The van der Waals surface area contributed by atoms with E-state index >= 15 is 0 Å². The molecular formula is C8H13-. The standard InChI is InChI=1S/C8H13/c1-7-3-5-8(2)6-4-7/h5,7H,1,3-4,6H2,2H3/q-1. The van der Waals surface area contributed by atoms with Crippen molar-refractivity contribution in [1.29, 1.82) is 0 Å². The van der Waals surface area contributed by atoms with Crippen molar-refractivity contribution in [1.82, 2.24) is 0 Å². The van der Waals surface area contributed by atoms with E-state index < -0.39 is 0 Å². The molecule has 0 nitrogen and oxygen atoms in total. The summed E-state index contributed by atoms with van der Waals surface area (Å²) in [6.45, 7) is 6.19. The van der Waals surface area contributed by atoms with Gasteiger partial charge in [-0.15, -0.1) is 0 Å². The highest BCUT2D eigenvalue weighted by Gasteiger charge is 2.00. The molecule has 0 heterocycles. The Morgan fingerprint density at radius 3 is 2.88 bits per heavy atom. The lowest BCUT2D eigenvalue weighted by Crippen LogP contribution is -1.99. The minimum atomic E-state index is 0.693. The molecule has 1 atom stereocenters. The molecular weight excluding hydrogens is 96.1 g/mol. The normalized spacial score (nSPS) is 29.8. The molecule has 0 saturated carbocycles. The Morgan fingerprint density at radius 2 is 2.50 bits per heavy atom. The van der Waals surface area contributed by atoms with Gasteiger partial charge in [-0.25, -0.2) is 0 Å². The van der Waals surface area contributed by atoms with E-state index in [9.17, 15) is 0 Å². The van der Waals surface area contributed by atoms with Crippen LogP contribution >= 0.6 is 0 Å². The third-order valence-electron chi connectivity index (χ3n) is 1.75. The Morgan fingerprint density at radius 1 is 1.75 bits per heavy atom. The fraction of sp³-hybridized carbons (Fsp3) is 0.625. The summed E-state index contributed by atoms with van der Waals surface area (Å²) in [5.41, 5.74) is 1.55. The second-order valence-corrected chi connectivity index (χ2v) is 2.69. The minimum absolute atomic E-state index is 0.693. The Hall–Kier alpha value is -0.260. The highest BCUT2D eigenvalue weighted by molar-refractivity contribution is 5.03. The maximum absolute atomic E-state index is 3.99. The highest BCUT2D eigenvalue weighted by Crippen LogP contribution is 2.21. The Kier molecular flexibility index (Phi) is 1.72. The van der Waals surface area contributed by atoms with Crippen molar-refractivity contribution in [2.75, 3.05) is 0 Å². The van der Waals surface area contributed by atoms with Crippen molar-refractivity contribution >= 4 is 0 Å². The smallest absolute Gasteiger partial charge is 0.0345 e. The van der Waals surface area contributed by atoms with Gasteiger partial charge >= 0.3 is 0 Å². The average molecular weight is 109 g/mol. The van der Waals surface area contributed by atoms with Crippen LogP contribution in [0.1, 0.15) is 26.2 Å². The van der Waals surface area contributed by atoms with Gasteiger partial charge in [0.05, 0.1) is 0 Å². The summed E-state index contributed by atoms with van der Waals surface area (Å²) in [6, 6.07) is 0. The summed E-state index contributed by atoms with van der Waals surface area (Å²) in [5.74, 6) is 0.693. The van der Waals surface area contributed by atoms with Gasteiger partial charge in [0.1, 0.15) is 0 Å². The molecule has 0 heteroatoms. The summed E-state index contributed by atoms with van der Waals surface area (Å²) in [6.07, 6.45) is 6.07. The number of rotatable bonds is 0. The van der Waals surface area contributed by atoms with Gasteiger partial charge in [0, 0.05) is 0 Å². The van der Waals surface area contributed by atoms with Crippen molar-refractivity contribution in [3.63, 3.8) is 0 Å². The van der Waals surface area contributed by atoms with Crippen molar-refractivity contribution in [2.45, 2.75) is 26.2 Å². The van der Waals surface area contributed by atoms with Crippen LogP contribution in [0.15, 0.2) is 11.6 Å². The van der Waals surface area contributed by atoms with Crippen LogP contribution in [0.2, 0.25) is 0 Å². The van der Waals surface area contributed by atoms with Crippen LogP contribution in [0.5, 0.6) is 0 Å². The molecule has 0 spiro atoms. The molecule has 0 aromatic rings. The third-order valence-corrected chi connectivity index (χ3v) is 1.75. The molecule has 0 bridgehead atoms. The van der Waals surface area contributed by atoms with E-state index in [1.807, 2.05) is 0 Å². The van der Waals surface area contributed by atoms with Gasteiger partial charge in [0.25, 0.3) is 0 Å². The molecule has 0 fully saturated rings. The first-order valence-corrected chi connectivity index (χ1v) is 3.28. The molecule has 1 aliphatic carbocycles. The second kappa shape index (κ2) is 2.34. The summed E-state index contributed by atoms with van der Waals surface area (Å²) >= 11 is 0. The number of allylic oxidation sites excluding steroid dienone is 2. The van der Waals surface area contributed by atoms with Gasteiger partial charge < -0.3 is 6.92 Å². The van der Waals surface area contributed by atoms with E-state index in [1.54, 1.807) is 5.57 Å². The third kappa shape index (κ3) is 1.36. The van der Waals surface area contributed by atoms with E-state index in [0.29, 0.717) is 5.92 Å². The summed E-state index contributed by atoms with van der Waals surface area (Å²) < 4.78 is 0. The molecule has 0 N–H and O–H groups in total. The predicted molar refractivity (Wildman–Crippen MR) is 36.5 cm³/mol. The van der Waals surface area contributed by atoms with Gasteiger partial charge in [-0.3, -0.25) is 0 Å². The monoisotopic (exact) mass is 109 g/mol. The first-order valence-electron chi connectivity index (χ1n) is 3.28. The van der Waals surface area contributed by atoms with Crippen molar-refractivity contribution in [3.05, 3.63) is 18.6 Å². The predicted octanol–water partition coefficient (Wildman–Crippen LogP) is 2.57. The molecule has 0 amide bonds. The van der Waals surface area contributed by atoms with Gasteiger partial charge in [0.2, 0.25) is 0 Å². The van der Waals surface area contributed by atoms with Crippen LogP contribution in [0.4, 0.5) is 0 Å². The maximum Gasteiger partial charge on any atom is -0.0345 e. The molecule has 1 unspecified atom stereocenters. The summed E-state index contributed by atoms with van der Waals surface area (Å²) in [7, 11) is 0. The molecule has 46 valence electrons. The van der Waals surface area contributed by atoms with Crippen LogP contribution in [0, 0.1) is 12.8 Å². The van der Waals surface area contributed by atoms with E-state index in [0.717, 1.165) is 0 Å². The van der Waals surface area contributed by atoms with E-state index in [4.69, 9.17) is 0 Å². The fourth-order valence-electron chi connectivity index (χ4n) is 1.02. The lowest BCUT2D eigenvalue weighted by Gasteiger charge is -2.20. The van der Waals surface area contributed by atoms with Crippen LogP contribution in [0.25, 0.3) is 0 Å². The molecule has 0 aromatic heterocycles. The zero-order valence-corrected chi connectivity index (χ0v) is 5.48. The largest absolute Gasteiger partial charge is 0.340 e. The molecule has 8 heavy (non-hydrogen) atoms. The van der Waals surface area contributed by atoms with Crippen LogP contribution in [-0.4, -0.2) is 0 Å². The Balaban J connectivity index is 2.42. The van der Waals surface area contributed by atoms with Gasteiger partial charge in [-0.1, -0.05) is 24.5 Å². The first kappa shape index (κ1) is 5.87. The van der Waals surface area contributed by atoms with Crippen LogP contribution in [0.3, 0.4) is 0 Å². The number of hydrogen-bond acceptors (Lipinski definition) is 0. The van der Waals surface area contributed by atoms with Crippen LogP contribution in [-0.2, 0) is 0 Å². The van der Waals surface area contributed by atoms with Crippen molar-refractivity contribution in [2.24, 2.45) is 5.92 Å². The minimum Gasteiger partial charge on any atom is -0.340 e. The Bertz CT molecular complexity index is 101. The molecule has 0 radical (unpaired) electrons. The van der Waals surface area contributed by atoms with E-state index in [1.165, 1.54) is 19.3 Å². The van der Waals surface area contributed by atoms with Gasteiger partial charge in [-0.05, 0) is 13.3 Å². The number of hydrogen-bond donors (Lipinski definition) is 0. The molecule has 1 aliphatic rings. The van der Waals surface area contributed by atoms with E-state index in [2.05, 4.69) is 19.9 Å². The molecule has 1 rings (SSSR count). The zero-order valence-electron chi connectivity index (χ0n) is 5.48. The Labute approximate surface area is 51.6 Å². The SMILES string of the molecule is [CH2-]C1CC=C(C)CC1. The van der Waals surface area contributed by atoms with Gasteiger partial charge in [-0.2, -0.15) is 5.92 Å². The first-order chi connectivity index (χ1) is 3.79. The lowest BCUT2D eigenvalue weighted by molar-refractivity contribution is 0.564. The van der Waals surface area contributed by atoms with Crippen molar-refractivity contribution in [3.8, 4) is 0 Å². The molecule has 0 aliphatic heterocycles. The average Bonchev–Trinajstić information content (AvgIpc) is 1.77. The maximum atomic E-state index is 3.99. The van der Waals surface area contributed by atoms with Crippen LogP contribution < -0.4 is 0 Å². The molecule has 0 aromatic carbocycles. The lowest BCUT2D eigenvalue weighted by atomic mass is 9.92. The quantitative estimate of drug-likeness (QED) is 0.331. The van der Waals surface area contributed by atoms with Crippen molar-refractivity contribution < 1.29 is 0 Å². The fourth-order valence-corrected chi connectivity index (χ4v) is 1.02. The van der Waals surface area contributed by atoms with E-state index in [-0.39, 0.29) is 0 Å². The topological polar surface area (TPSA) is 0 Å². The zero-order chi connectivity index (χ0) is 5.98. The van der Waals surface area contributed by atoms with Gasteiger partial charge in [0.15, 0.2) is 0 Å².